The highest BCUT2D eigenvalue weighted by molar-refractivity contribution is 8.07. The summed E-state index contributed by atoms with van der Waals surface area (Å²) in [5.74, 6) is 6.97. The van der Waals surface area contributed by atoms with Gasteiger partial charge >= 0.3 is 0 Å². The maximum Gasteiger partial charge on any atom is 0.0576 e. The van der Waals surface area contributed by atoms with Crippen LogP contribution in [-0.4, -0.2) is 40.3 Å². The number of nitrogens with one attached hydrogen (secondary N) is 1. The molecule has 2 saturated heterocycles. The number of hydrogen-bond acceptors (Lipinski definition) is 5. The van der Waals surface area contributed by atoms with Gasteiger partial charge in [-0.25, -0.2) is 0 Å². The van der Waals surface area contributed by atoms with E-state index < -0.39 is 0 Å². The van der Waals surface area contributed by atoms with E-state index in [1.807, 2.05) is 0 Å². The predicted molar refractivity (Wildman–Crippen MR) is 82.1 cm³/mol. The summed E-state index contributed by atoms with van der Waals surface area (Å²) >= 11 is 4.19. The summed E-state index contributed by atoms with van der Waals surface area (Å²) in [6.45, 7) is 5.62. The van der Waals surface area contributed by atoms with Crippen molar-refractivity contribution in [1.82, 2.24) is 5.43 Å². The third-order valence-electron chi connectivity index (χ3n) is 4.06. The normalized spacial score (nSPS) is 38.8. The molecule has 0 spiro atoms. The molecule has 0 bridgehead atoms. The van der Waals surface area contributed by atoms with Crippen LogP contribution in [0.1, 0.15) is 39.5 Å². The lowest BCUT2D eigenvalue weighted by Gasteiger charge is -2.35. The summed E-state index contributed by atoms with van der Waals surface area (Å²) in [5, 5.41) is 2.14. The number of rotatable bonds is 5. The Morgan fingerprint density at radius 2 is 2.22 bits per heavy atom. The number of thioether (sulfide) groups is 2. The van der Waals surface area contributed by atoms with Crippen LogP contribution in [0.3, 0.4) is 0 Å². The monoisotopic (exact) mass is 290 g/mol. The van der Waals surface area contributed by atoms with Crippen LogP contribution in [0.2, 0.25) is 0 Å². The SMILES string of the molecule is CC1SCC(C(CCC2CCCO2)NN)SC1C. The molecule has 2 fully saturated rings. The molecule has 0 saturated carbocycles. The van der Waals surface area contributed by atoms with E-state index in [2.05, 4.69) is 42.8 Å². The Balaban J connectivity index is 1.76. The van der Waals surface area contributed by atoms with Crippen molar-refractivity contribution in [1.29, 1.82) is 0 Å². The molecule has 0 aromatic heterocycles. The van der Waals surface area contributed by atoms with Crippen LogP contribution in [0.25, 0.3) is 0 Å². The van der Waals surface area contributed by atoms with Crippen LogP contribution in [0.15, 0.2) is 0 Å². The molecule has 0 aromatic rings. The molecule has 5 atom stereocenters. The zero-order chi connectivity index (χ0) is 13.0. The quantitative estimate of drug-likeness (QED) is 0.601. The molecule has 2 heterocycles. The topological polar surface area (TPSA) is 47.3 Å². The van der Waals surface area contributed by atoms with Gasteiger partial charge in [-0.05, 0) is 25.7 Å². The number of ether oxygens (including phenoxy) is 1. The summed E-state index contributed by atoms with van der Waals surface area (Å²) < 4.78 is 5.69. The van der Waals surface area contributed by atoms with E-state index in [9.17, 15) is 0 Å². The smallest absolute Gasteiger partial charge is 0.0576 e. The highest BCUT2D eigenvalue weighted by Crippen LogP contribution is 2.37. The average Bonchev–Trinajstić information content (AvgIpc) is 2.87. The molecule has 2 aliphatic rings. The van der Waals surface area contributed by atoms with Crippen LogP contribution in [-0.2, 0) is 4.74 Å². The Labute approximate surface area is 119 Å². The van der Waals surface area contributed by atoms with Crippen LogP contribution in [0, 0.1) is 0 Å². The lowest BCUT2D eigenvalue weighted by molar-refractivity contribution is 0.0996. The van der Waals surface area contributed by atoms with Crippen molar-refractivity contribution >= 4 is 23.5 Å². The minimum atomic E-state index is 0.432. The third-order valence-corrected chi connectivity index (χ3v) is 7.61. The fraction of sp³-hybridized carbons (Fsp3) is 1.00. The standard InChI is InChI=1S/C13H26N2OS2/c1-9-10(2)18-13(8-17-9)12(15-14)6-5-11-4-3-7-16-11/h9-13,15H,3-8,14H2,1-2H3. The maximum atomic E-state index is 5.76. The highest BCUT2D eigenvalue weighted by atomic mass is 32.2. The number of hydrazine groups is 1. The van der Waals surface area contributed by atoms with Gasteiger partial charge in [0, 0.05) is 34.2 Å². The summed E-state index contributed by atoms with van der Waals surface area (Å²) in [5.41, 5.74) is 3.04. The molecule has 0 aliphatic carbocycles. The summed E-state index contributed by atoms with van der Waals surface area (Å²) in [6.07, 6.45) is 5.24. The fourth-order valence-corrected chi connectivity index (χ4v) is 5.78. The van der Waals surface area contributed by atoms with E-state index in [1.54, 1.807) is 0 Å². The predicted octanol–water partition coefficient (Wildman–Crippen LogP) is 2.40. The van der Waals surface area contributed by atoms with E-state index in [4.69, 9.17) is 10.6 Å². The molecule has 2 aliphatic heterocycles. The van der Waals surface area contributed by atoms with Crippen molar-refractivity contribution in [2.45, 2.75) is 67.4 Å². The van der Waals surface area contributed by atoms with E-state index in [0.717, 1.165) is 29.9 Å². The molecule has 106 valence electrons. The second-order valence-corrected chi connectivity index (χ2v) is 8.44. The molecule has 18 heavy (non-hydrogen) atoms. The summed E-state index contributed by atoms with van der Waals surface area (Å²) in [4.78, 5) is 0. The van der Waals surface area contributed by atoms with E-state index in [-0.39, 0.29) is 0 Å². The minimum absolute atomic E-state index is 0.432. The lowest BCUT2D eigenvalue weighted by atomic mass is 10.0. The van der Waals surface area contributed by atoms with Gasteiger partial charge in [-0.3, -0.25) is 11.3 Å². The van der Waals surface area contributed by atoms with Gasteiger partial charge in [-0.15, -0.1) is 0 Å². The summed E-state index contributed by atoms with van der Waals surface area (Å²) in [6, 6.07) is 0.432. The van der Waals surface area contributed by atoms with Crippen molar-refractivity contribution in [3.63, 3.8) is 0 Å². The fourth-order valence-electron chi connectivity index (χ4n) is 2.63. The van der Waals surface area contributed by atoms with Crippen molar-refractivity contribution in [3.8, 4) is 0 Å². The zero-order valence-electron chi connectivity index (χ0n) is 11.4. The zero-order valence-corrected chi connectivity index (χ0v) is 13.1. The Hall–Kier alpha value is 0.580. The first-order valence-corrected chi connectivity index (χ1v) is 9.04. The lowest BCUT2D eigenvalue weighted by Crippen LogP contribution is -2.46. The third kappa shape index (κ3) is 4.04. The Morgan fingerprint density at radius 1 is 1.39 bits per heavy atom. The molecule has 3 nitrogen and oxygen atoms in total. The average molecular weight is 290 g/mol. The first-order valence-electron chi connectivity index (χ1n) is 7.05. The molecule has 0 aromatic carbocycles. The second kappa shape index (κ2) is 7.39. The first kappa shape index (κ1) is 15.0. The van der Waals surface area contributed by atoms with Crippen molar-refractivity contribution in [2.75, 3.05) is 12.4 Å². The number of nitrogens with two attached hydrogens (primary N) is 1. The largest absolute Gasteiger partial charge is 0.378 e. The van der Waals surface area contributed by atoms with Gasteiger partial charge in [0.05, 0.1) is 6.10 Å². The van der Waals surface area contributed by atoms with E-state index >= 15 is 0 Å². The Morgan fingerprint density at radius 3 is 2.83 bits per heavy atom. The van der Waals surface area contributed by atoms with Gasteiger partial charge in [-0.2, -0.15) is 23.5 Å². The molecule has 0 amide bonds. The highest BCUT2D eigenvalue weighted by Gasteiger charge is 2.31. The molecular formula is C13H26N2OS2. The molecule has 5 heteroatoms. The van der Waals surface area contributed by atoms with Gasteiger partial charge in [0.15, 0.2) is 0 Å². The van der Waals surface area contributed by atoms with Crippen LogP contribution in [0.5, 0.6) is 0 Å². The second-order valence-electron chi connectivity index (χ2n) is 5.40. The van der Waals surface area contributed by atoms with Crippen LogP contribution >= 0.6 is 23.5 Å². The first-order chi connectivity index (χ1) is 8.70. The van der Waals surface area contributed by atoms with Gasteiger partial charge in [0.25, 0.3) is 0 Å². The van der Waals surface area contributed by atoms with Gasteiger partial charge in [-0.1, -0.05) is 13.8 Å². The molecule has 0 radical (unpaired) electrons. The van der Waals surface area contributed by atoms with E-state index in [0.29, 0.717) is 17.4 Å². The van der Waals surface area contributed by atoms with Crippen LogP contribution < -0.4 is 11.3 Å². The van der Waals surface area contributed by atoms with Crippen LogP contribution in [0.4, 0.5) is 0 Å². The maximum absolute atomic E-state index is 5.76. The van der Waals surface area contributed by atoms with Crippen molar-refractivity contribution in [2.24, 2.45) is 5.84 Å². The number of hydrogen-bond donors (Lipinski definition) is 2. The molecular weight excluding hydrogens is 264 g/mol. The van der Waals surface area contributed by atoms with Gasteiger partial charge < -0.3 is 4.74 Å². The van der Waals surface area contributed by atoms with Crippen molar-refractivity contribution in [3.05, 3.63) is 0 Å². The Bertz CT molecular complexity index is 249. The molecule has 2 rings (SSSR count). The summed E-state index contributed by atoms with van der Waals surface area (Å²) in [7, 11) is 0. The van der Waals surface area contributed by atoms with Gasteiger partial charge in [0.1, 0.15) is 0 Å². The van der Waals surface area contributed by atoms with Gasteiger partial charge in [0.2, 0.25) is 0 Å². The van der Waals surface area contributed by atoms with Crippen molar-refractivity contribution < 1.29 is 4.74 Å². The minimum Gasteiger partial charge on any atom is -0.378 e. The molecule has 3 N–H and O–H groups in total. The van der Waals surface area contributed by atoms with E-state index in [1.165, 1.54) is 18.6 Å². The Kier molecular flexibility index (Phi) is 6.15. The molecule has 5 unspecified atom stereocenters.